The Hall–Kier alpha value is -2.74. The summed E-state index contributed by atoms with van der Waals surface area (Å²) in [6.45, 7) is 1.50. The van der Waals surface area contributed by atoms with Crippen molar-refractivity contribution in [3.63, 3.8) is 0 Å². The van der Waals surface area contributed by atoms with E-state index < -0.39 is 15.9 Å². The lowest BCUT2D eigenvalue weighted by atomic mass is 10.1. The van der Waals surface area contributed by atoms with E-state index in [0.717, 1.165) is 16.1 Å². The van der Waals surface area contributed by atoms with E-state index >= 15 is 0 Å². The van der Waals surface area contributed by atoms with E-state index in [-0.39, 0.29) is 12.6 Å². The van der Waals surface area contributed by atoms with Crippen molar-refractivity contribution < 1.29 is 22.7 Å². The van der Waals surface area contributed by atoms with E-state index in [1.165, 1.54) is 20.3 Å². The van der Waals surface area contributed by atoms with Gasteiger partial charge in [0.2, 0.25) is 15.9 Å². The lowest BCUT2D eigenvalue weighted by molar-refractivity contribution is -0.120. The van der Waals surface area contributed by atoms with Gasteiger partial charge in [0.1, 0.15) is 6.54 Å². The topological polar surface area (TPSA) is 84.9 Å². The molecule has 0 aliphatic heterocycles. The lowest BCUT2D eigenvalue weighted by Gasteiger charge is -2.24. The van der Waals surface area contributed by atoms with Gasteiger partial charge in [-0.2, -0.15) is 0 Å². The van der Waals surface area contributed by atoms with Gasteiger partial charge in [0.15, 0.2) is 11.5 Å². The number of anilines is 1. The maximum Gasteiger partial charge on any atom is 0.241 e. The number of nitrogens with one attached hydrogen (secondary N) is 1. The molecule has 0 spiro atoms. The summed E-state index contributed by atoms with van der Waals surface area (Å²) < 4.78 is 35.9. The Morgan fingerprint density at radius 3 is 2.26 bits per heavy atom. The fourth-order valence-electron chi connectivity index (χ4n) is 2.62. The highest BCUT2D eigenvalue weighted by Crippen LogP contribution is 2.32. The van der Waals surface area contributed by atoms with Gasteiger partial charge in [-0.1, -0.05) is 30.3 Å². The molecule has 1 amide bonds. The van der Waals surface area contributed by atoms with Gasteiger partial charge in [-0.15, -0.1) is 0 Å². The molecule has 2 aromatic rings. The third-order valence-corrected chi connectivity index (χ3v) is 5.16. The van der Waals surface area contributed by atoms with Gasteiger partial charge in [0.05, 0.1) is 32.2 Å². The van der Waals surface area contributed by atoms with Gasteiger partial charge >= 0.3 is 0 Å². The number of carbonyl (C=O) groups is 1. The smallest absolute Gasteiger partial charge is 0.241 e. The molecule has 0 saturated heterocycles. The zero-order valence-electron chi connectivity index (χ0n) is 15.8. The molecule has 146 valence electrons. The maximum atomic E-state index is 12.5. The van der Waals surface area contributed by atoms with Gasteiger partial charge in [-0.3, -0.25) is 9.10 Å². The van der Waals surface area contributed by atoms with Crippen molar-refractivity contribution in [3.8, 4) is 11.5 Å². The molecule has 0 bridgehead atoms. The van der Waals surface area contributed by atoms with E-state index in [9.17, 15) is 13.2 Å². The number of sulfonamides is 1. The second-order valence-corrected chi connectivity index (χ2v) is 7.92. The largest absolute Gasteiger partial charge is 0.493 e. The van der Waals surface area contributed by atoms with Crippen LogP contribution in [0, 0.1) is 0 Å². The number of amides is 1. The van der Waals surface area contributed by atoms with Crippen molar-refractivity contribution in [2.24, 2.45) is 0 Å². The highest BCUT2D eigenvalue weighted by molar-refractivity contribution is 7.92. The lowest BCUT2D eigenvalue weighted by Crippen LogP contribution is -2.41. The van der Waals surface area contributed by atoms with Crippen LogP contribution < -0.4 is 19.1 Å². The zero-order valence-corrected chi connectivity index (χ0v) is 16.6. The Morgan fingerprint density at radius 1 is 1.07 bits per heavy atom. The Balaban J connectivity index is 2.21. The Morgan fingerprint density at radius 2 is 1.70 bits per heavy atom. The van der Waals surface area contributed by atoms with Crippen LogP contribution in [0.3, 0.4) is 0 Å². The van der Waals surface area contributed by atoms with E-state index in [1.54, 1.807) is 12.1 Å². The third-order valence-electron chi connectivity index (χ3n) is 4.02. The summed E-state index contributed by atoms with van der Waals surface area (Å²) in [5.41, 5.74) is 1.25. The van der Waals surface area contributed by atoms with Gasteiger partial charge in [-0.25, -0.2) is 8.42 Å². The summed E-state index contributed by atoms with van der Waals surface area (Å²) in [5, 5.41) is 2.82. The molecular formula is C19H24N2O5S. The van der Waals surface area contributed by atoms with Gasteiger partial charge in [-0.05, 0) is 24.6 Å². The first-order valence-electron chi connectivity index (χ1n) is 8.30. The average Bonchev–Trinajstić information content (AvgIpc) is 2.65. The first-order chi connectivity index (χ1) is 12.8. The average molecular weight is 392 g/mol. The number of benzene rings is 2. The first-order valence-corrected chi connectivity index (χ1v) is 10.1. The minimum Gasteiger partial charge on any atom is -0.493 e. The zero-order chi connectivity index (χ0) is 20.0. The number of methoxy groups -OCH3 is 2. The molecule has 1 N–H and O–H groups in total. The fourth-order valence-corrected chi connectivity index (χ4v) is 3.47. The molecule has 2 aromatic carbocycles. The van der Waals surface area contributed by atoms with Crippen LogP contribution >= 0.6 is 0 Å². The molecule has 8 heteroatoms. The number of hydrogen-bond acceptors (Lipinski definition) is 5. The second-order valence-electron chi connectivity index (χ2n) is 6.01. The molecule has 1 atom stereocenters. The van der Waals surface area contributed by atoms with Crippen molar-refractivity contribution in [3.05, 3.63) is 54.1 Å². The van der Waals surface area contributed by atoms with Gasteiger partial charge in [0.25, 0.3) is 0 Å². The van der Waals surface area contributed by atoms with Crippen molar-refractivity contribution in [1.82, 2.24) is 5.32 Å². The molecule has 0 aliphatic carbocycles. The summed E-state index contributed by atoms with van der Waals surface area (Å²) in [5.74, 6) is 0.435. The van der Waals surface area contributed by atoms with E-state index in [4.69, 9.17) is 9.47 Å². The van der Waals surface area contributed by atoms with Crippen molar-refractivity contribution in [1.29, 1.82) is 0 Å². The van der Waals surface area contributed by atoms with Crippen molar-refractivity contribution >= 4 is 21.6 Å². The predicted octanol–water partition coefficient (Wildman–Crippen LogP) is 2.35. The minimum atomic E-state index is -3.68. The Labute approximate surface area is 160 Å². The van der Waals surface area contributed by atoms with E-state index in [2.05, 4.69) is 5.32 Å². The van der Waals surface area contributed by atoms with E-state index in [1.807, 2.05) is 37.3 Å². The third kappa shape index (κ3) is 5.37. The molecule has 0 saturated carbocycles. The molecule has 0 fully saturated rings. The number of carbonyl (C=O) groups excluding carboxylic acids is 1. The maximum absolute atomic E-state index is 12.5. The number of hydrogen-bond donors (Lipinski definition) is 1. The van der Waals surface area contributed by atoms with Crippen LogP contribution in [0.2, 0.25) is 0 Å². The summed E-state index contributed by atoms with van der Waals surface area (Å²) in [6.07, 6.45) is 1.05. The number of ether oxygens (including phenoxy) is 2. The number of nitrogens with zero attached hydrogens (tertiary/aromatic N) is 1. The van der Waals surface area contributed by atoms with Gasteiger partial charge in [0, 0.05) is 6.07 Å². The van der Waals surface area contributed by atoms with Crippen LogP contribution in [0.1, 0.15) is 18.5 Å². The quantitative estimate of drug-likeness (QED) is 0.745. The molecular weight excluding hydrogens is 368 g/mol. The summed E-state index contributed by atoms with van der Waals surface area (Å²) in [4.78, 5) is 12.5. The van der Waals surface area contributed by atoms with Crippen LogP contribution in [0.4, 0.5) is 5.69 Å². The first kappa shape index (κ1) is 20.6. The SMILES string of the molecule is COc1ccc(N(CC(=O)N[C@H](C)c2ccccc2)S(C)(=O)=O)cc1OC. The predicted molar refractivity (Wildman–Crippen MR) is 105 cm³/mol. The minimum absolute atomic E-state index is 0.245. The summed E-state index contributed by atoms with van der Waals surface area (Å²) >= 11 is 0. The molecule has 7 nitrogen and oxygen atoms in total. The molecule has 0 radical (unpaired) electrons. The molecule has 0 aliphatic rings. The normalized spacial score (nSPS) is 12.1. The Kier molecular flexibility index (Phi) is 6.68. The Bertz CT molecular complexity index is 884. The summed E-state index contributed by atoms with van der Waals surface area (Å²) in [6, 6.07) is 13.9. The monoisotopic (exact) mass is 392 g/mol. The number of rotatable bonds is 8. The van der Waals surface area contributed by atoms with Crippen LogP contribution in [-0.2, 0) is 14.8 Å². The highest BCUT2D eigenvalue weighted by atomic mass is 32.2. The van der Waals surface area contributed by atoms with Crippen LogP contribution in [0.15, 0.2) is 48.5 Å². The molecule has 0 heterocycles. The van der Waals surface area contributed by atoms with Crippen molar-refractivity contribution in [2.45, 2.75) is 13.0 Å². The molecule has 27 heavy (non-hydrogen) atoms. The summed E-state index contributed by atoms with van der Waals surface area (Å²) in [7, 11) is -0.733. The molecule has 0 unspecified atom stereocenters. The fraction of sp³-hybridized carbons (Fsp3) is 0.316. The second kappa shape index (κ2) is 8.77. The van der Waals surface area contributed by atoms with Crippen molar-refractivity contribution in [2.75, 3.05) is 31.3 Å². The molecule has 0 aromatic heterocycles. The van der Waals surface area contributed by atoms with Crippen LogP contribution in [0.5, 0.6) is 11.5 Å². The van der Waals surface area contributed by atoms with Crippen LogP contribution in [-0.4, -0.2) is 41.3 Å². The van der Waals surface area contributed by atoms with E-state index in [0.29, 0.717) is 17.2 Å². The standard InChI is InChI=1S/C19H24N2O5S/c1-14(15-8-6-5-7-9-15)20-19(22)13-21(27(4,23)24)16-10-11-17(25-2)18(12-16)26-3/h5-12,14H,13H2,1-4H3,(H,20,22)/t14-/m1/s1. The van der Waals surface area contributed by atoms with Gasteiger partial charge < -0.3 is 14.8 Å². The molecule has 2 rings (SSSR count). The highest BCUT2D eigenvalue weighted by Gasteiger charge is 2.23. The van der Waals surface area contributed by atoms with Crippen LogP contribution in [0.25, 0.3) is 0 Å².